The summed E-state index contributed by atoms with van der Waals surface area (Å²) in [5.41, 5.74) is 0.447. The molecule has 0 aliphatic rings. The summed E-state index contributed by atoms with van der Waals surface area (Å²) in [6, 6.07) is 6.17. The van der Waals surface area contributed by atoms with Gasteiger partial charge >= 0.3 is 0 Å². The number of H-pyrrole nitrogens is 1. The highest BCUT2D eigenvalue weighted by atomic mass is 35.5. The van der Waals surface area contributed by atoms with Gasteiger partial charge in [0.25, 0.3) is 11.5 Å². The van der Waals surface area contributed by atoms with Crippen LogP contribution in [0.5, 0.6) is 0 Å². The molecule has 24 heavy (non-hydrogen) atoms. The molecule has 0 spiro atoms. The number of hydrogen-bond donors (Lipinski definition) is 1. The number of thiazole rings is 1. The summed E-state index contributed by atoms with van der Waals surface area (Å²) in [7, 11) is 0. The third kappa shape index (κ3) is 3.10. The fourth-order valence-corrected chi connectivity index (χ4v) is 3.19. The van der Waals surface area contributed by atoms with Crippen molar-refractivity contribution in [3.63, 3.8) is 0 Å². The highest BCUT2D eigenvalue weighted by molar-refractivity contribution is 7.19. The van der Waals surface area contributed by atoms with E-state index < -0.39 is 11.5 Å². The minimum atomic E-state index is -0.482. The zero-order chi connectivity index (χ0) is 17.1. The Labute approximate surface area is 145 Å². The topological polar surface area (TPSA) is 91.8 Å². The number of halogens is 1. The molecule has 0 saturated carbocycles. The molecule has 0 bridgehead atoms. The number of carbonyl (C=O) groups is 1. The molecular formula is C15H10ClN5O2S. The summed E-state index contributed by atoms with van der Waals surface area (Å²) >= 11 is 7.41. The van der Waals surface area contributed by atoms with E-state index in [4.69, 9.17) is 11.6 Å². The van der Waals surface area contributed by atoms with E-state index in [2.05, 4.69) is 26.7 Å². The average Bonchev–Trinajstić information content (AvgIpc) is 2.99. The summed E-state index contributed by atoms with van der Waals surface area (Å²) in [4.78, 5) is 33.2. The Balaban J connectivity index is 1.98. The van der Waals surface area contributed by atoms with E-state index >= 15 is 0 Å². The minimum Gasteiger partial charge on any atom is -0.271 e. The van der Waals surface area contributed by atoms with Gasteiger partial charge in [-0.15, -0.1) is 0 Å². The predicted octanol–water partition coefficient (Wildman–Crippen LogP) is 2.73. The Morgan fingerprint density at radius 1 is 1.38 bits per heavy atom. The number of nitrogens with zero attached hydrogens (tertiary/aromatic N) is 4. The molecule has 3 aromatic rings. The number of pyridine rings is 1. The van der Waals surface area contributed by atoms with Crippen molar-refractivity contribution in [1.29, 1.82) is 0 Å². The molecule has 9 heteroatoms. The Kier molecular flexibility index (Phi) is 4.50. The van der Waals surface area contributed by atoms with Crippen LogP contribution in [0.4, 0.5) is 5.00 Å². The molecule has 1 amide bonds. The van der Waals surface area contributed by atoms with E-state index in [0.29, 0.717) is 10.0 Å². The van der Waals surface area contributed by atoms with Gasteiger partial charge in [-0.25, -0.2) is 10.1 Å². The molecule has 0 fully saturated rings. The number of rotatable bonds is 4. The van der Waals surface area contributed by atoms with Gasteiger partial charge in [0.15, 0.2) is 5.15 Å². The summed E-state index contributed by atoms with van der Waals surface area (Å²) in [6.07, 6.45) is 4.63. The van der Waals surface area contributed by atoms with Crippen molar-refractivity contribution in [3.05, 3.63) is 70.6 Å². The minimum absolute atomic E-state index is 0.0573. The maximum atomic E-state index is 12.6. The second kappa shape index (κ2) is 6.73. The fraction of sp³-hybridized carbons (Fsp3) is 0. The number of nitrogens with one attached hydrogen (secondary N) is 1. The van der Waals surface area contributed by atoms with E-state index in [1.54, 1.807) is 18.5 Å². The average molecular weight is 360 g/mol. The number of carbonyl (C=O) groups excluding carboxylic acids is 1. The number of aromatic amines is 1. The van der Waals surface area contributed by atoms with Gasteiger partial charge in [0, 0.05) is 30.2 Å². The van der Waals surface area contributed by atoms with E-state index in [1.165, 1.54) is 34.6 Å². The van der Waals surface area contributed by atoms with Crippen LogP contribution < -0.4 is 10.5 Å². The summed E-state index contributed by atoms with van der Waals surface area (Å²) in [5, 5.41) is 7.13. The van der Waals surface area contributed by atoms with E-state index in [0.717, 1.165) is 5.56 Å². The van der Waals surface area contributed by atoms with Crippen molar-refractivity contribution in [2.24, 2.45) is 0 Å². The van der Waals surface area contributed by atoms with Gasteiger partial charge in [0.05, 0.1) is 0 Å². The SMILES string of the molecule is C=CN(C(=O)c1ccc(=O)[nH]n1)c1sc(-c2cccnc2)nc1Cl. The number of hydrogen-bond acceptors (Lipinski definition) is 6. The van der Waals surface area contributed by atoms with Crippen LogP contribution in [0.3, 0.4) is 0 Å². The molecule has 0 aliphatic heterocycles. The second-order valence-corrected chi connectivity index (χ2v) is 5.86. The lowest BCUT2D eigenvalue weighted by Gasteiger charge is -2.14. The third-order valence-electron chi connectivity index (χ3n) is 3.00. The molecule has 0 aliphatic carbocycles. The van der Waals surface area contributed by atoms with Crippen LogP contribution in [0, 0.1) is 0 Å². The molecular weight excluding hydrogens is 350 g/mol. The van der Waals surface area contributed by atoms with Gasteiger partial charge < -0.3 is 0 Å². The Hall–Kier alpha value is -2.84. The van der Waals surface area contributed by atoms with Crippen LogP contribution in [0.2, 0.25) is 5.15 Å². The standard InChI is InChI=1S/C15H10ClN5O2S/c1-2-21(14(23)10-5-6-11(22)20-19-10)15-12(16)18-13(24-15)9-4-3-7-17-8-9/h2-8H,1H2,(H,20,22). The van der Waals surface area contributed by atoms with Crippen molar-refractivity contribution >= 4 is 33.8 Å². The van der Waals surface area contributed by atoms with E-state index in [-0.39, 0.29) is 10.8 Å². The van der Waals surface area contributed by atoms with Crippen LogP contribution >= 0.6 is 22.9 Å². The lowest BCUT2D eigenvalue weighted by molar-refractivity contribution is 0.0992. The zero-order valence-corrected chi connectivity index (χ0v) is 13.7. The first kappa shape index (κ1) is 16.0. The molecule has 0 radical (unpaired) electrons. The monoisotopic (exact) mass is 359 g/mol. The van der Waals surface area contributed by atoms with Crippen LogP contribution in [-0.2, 0) is 0 Å². The van der Waals surface area contributed by atoms with Crippen LogP contribution in [0.15, 0.2) is 54.2 Å². The molecule has 0 saturated heterocycles. The molecule has 3 heterocycles. The van der Waals surface area contributed by atoms with Crippen LogP contribution in [0.25, 0.3) is 10.6 Å². The predicted molar refractivity (Wildman–Crippen MR) is 92.2 cm³/mol. The first-order valence-corrected chi connectivity index (χ1v) is 7.88. The van der Waals surface area contributed by atoms with Gasteiger partial charge in [0.1, 0.15) is 15.7 Å². The summed E-state index contributed by atoms with van der Waals surface area (Å²) < 4.78 is 0. The van der Waals surface area contributed by atoms with Gasteiger partial charge in [-0.1, -0.05) is 29.5 Å². The van der Waals surface area contributed by atoms with Gasteiger partial charge in [0.2, 0.25) is 0 Å². The number of aromatic nitrogens is 4. The van der Waals surface area contributed by atoms with Crippen molar-refractivity contribution in [2.45, 2.75) is 0 Å². The molecule has 3 aromatic heterocycles. The maximum absolute atomic E-state index is 12.6. The lowest BCUT2D eigenvalue weighted by atomic mass is 10.3. The first-order valence-electron chi connectivity index (χ1n) is 6.68. The summed E-state index contributed by atoms with van der Waals surface area (Å²) in [6.45, 7) is 3.64. The van der Waals surface area contributed by atoms with Crippen molar-refractivity contribution in [1.82, 2.24) is 20.2 Å². The maximum Gasteiger partial charge on any atom is 0.283 e. The third-order valence-corrected chi connectivity index (χ3v) is 4.48. The van der Waals surface area contributed by atoms with E-state index in [9.17, 15) is 9.59 Å². The first-order chi connectivity index (χ1) is 11.6. The highest BCUT2D eigenvalue weighted by Crippen LogP contribution is 2.38. The summed E-state index contributed by atoms with van der Waals surface area (Å²) in [5.74, 6) is -0.482. The highest BCUT2D eigenvalue weighted by Gasteiger charge is 2.23. The van der Waals surface area contributed by atoms with Crippen LogP contribution in [0.1, 0.15) is 10.5 Å². The Bertz CT molecular complexity index is 934. The molecule has 0 unspecified atom stereocenters. The van der Waals surface area contributed by atoms with Crippen molar-refractivity contribution in [3.8, 4) is 10.6 Å². The normalized spacial score (nSPS) is 10.4. The van der Waals surface area contributed by atoms with Crippen LogP contribution in [-0.4, -0.2) is 26.1 Å². The second-order valence-electron chi connectivity index (χ2n) is 4.52. The number of amides is 1. The fourth-order valence-electron chi connectivity index (χ4n) is 1.90. The smallest absolute Gasteiger partial charge is 0.271 e. The van der Waals surface area contributed by atoms with Gasteiger partial charge in [-0.05, 0) is 18.2 Å². The molecule has 3 rings (SSSR count). The molecule has 7 nitrogen and oxygen atoms in total. The lowest BCUT2D eigenvalue weighted by Crippen LogP contribution is -2.26. The largest absolute Gasteiger partial charge is 0.283 e. The van der Waals surface area contributed by atoms with Gasteiger partial charge in [-0.2, -0.15) is 5.10 Å². The van der Waals surface area contributed by atoms with Crippen molar-refractivity contribution < 1.29 is 4.79 Å². The quantitative estimate of drug-likeness (QED) is 0.773. The molecule has 120 valence electrons. The molecule has 0 aromatic carbocycles. The number of anilines is 1. The Morgan fingerprint density at radius 2 is 2.21 bits per heavy atom. The van der Waals surface area contributed by atoms with Gasteiger partial charge in [-0.3, -0.25) is 19.5 Å². The molecule has 1 N–H and O–H groups in total. The zero-order valence-electron chi connectivity index (χ0n) is 12.1. The van der Waals surface area contributed by atoms with Crippen molar-refractivity contribution in [2.75, 3.05) is 4.90 Å². The van der Waals surface area contributed by atoms with E-state index in [1.807, 2.05) is 6.07 Å². The Morgan fingerprint density at radius 3 is 2.83 bits per heavy atom. The molecule has 0 atom stereocenters.